The summed E-state index contributed by atoms with van der Waals surface area (Å²) in [5.74, 6) is -0.341. The molecule has 27 heavy (non-hydrogen) atoms. The largest absolute Gasteiger partial charge is 0.326 e. The van der Waals surface area contributed by atoms with Crippen molar-refractivity contribution < 1.29 is 9.59 Å². The molecule has 0 saturated carbocycles. The van der Waals surface area contributed by atoms with Crippen LogP contribution >= 0.6 is 11.3 Å². The quantitative estimate of drug-likeness (QED) is 0.687. The van der Waals surface area contributed by atoms with Crippen LogP contribution < -0.4 is 15.5 Å². The van der Waals surface area contributed by atoms with Crippen LogP contribution in [0.3, 0.4) is 0 Å². The summed E-state index contributed by atoms with van der Waals surface area (Å²) in [6.45, 7) is 3.28. The SMILES string of the molecule is CC(=O)Nc1ccc(NC(=O)c2sc(N(C)c3ccccc3)nc2C)cc1. The fourth-order valence-corrected chi connectivity index (χ4v) is 3.47. The van der Waals surface area contributed by atoms with Crippen molar-refractivity contribution in [3.63, 3.8) is 0 Å². The minimum absolute atomic E-state index is 0.137. The number of carbonyl (C=O) groups is 2. The molecule has 3 aromatic rings. The van der Waals surface area contributed by atoms with E-state index in [0.717, 1.165) is 10.8 Å². The van der Waals surface area contributed by atoms with Gasteiger partial charge in [0.15, 0.2) is 5.13 Å². The van der Waals surface area contributed by atoms with Crippen LogP contribution in [0.1, 0.15) is 22.3 Å². The van der Waals surface area contributed by atoms with Crippen LogP contribution in [-0.4, -0.2) is 23.8 Å². The number of hydrogen-bond donors (Lipinski definition) is 2. The highest BCUT2D eigenvalue weighted by Gasteiger charge is 2.18. The van der Waals surface area contributed by atoms with Crippen molar-refractivity contribution in [2.75, 3.05) is 22.6 Å². The molecule has 1 aromatic heterocycles. The summed E-state index contributed by atoms with van der Waals surface area (Å²) in [6.07, 6.45) is 0. The minimum Gasteiger partial charge on any atom is -0.326 e. The number of nitrogens with zero attached hydrogens (tertiary/aromatic N) is 2. The Hall–Kier alpha value is -3.19. The number of rotatable bonds is 5. The van der Waals surface area contributed by atoms with Gasteiger partial charge >= 0.3 is 0 Å². The predicted molar refractivity (Wildman–Crippen MR) is 110 cm³/mol. The number of aryl methyl sites for hydroxylation is 1. The van der Waals surface area contributed by atoms with Crippen molar-refractivity contribution in [3.8, 4) is 0 Å². The molecule has 138 valence electrons. The van der Waals surface area contributed by atoms with E-state index in [4.69, 9.17) is 0 Å². The molecule has 2 amide bonds. The molecule has 0 radical (unpaired) electrons. The Labute approximate surface area is 161 Å². The normalized spacial score (nSPS) is 10.3. The molecule has 3 rings (SSSR count). The van der Waals surface area contributed by atoms with Gasteiger partial charge in [0.2, 0.25) is 5.91 Å². The second-order valence-corrected chi connectivity index (χ2v) is 7.00. The van der Waals surface area contributed by atoms with Gasteiger partial charge in [-0.3, -0.25) is 9.59 Å². The van der Waals surface area contributed by atoms with Gasteiger partial charge < -0.3 is 15.5 Å². The summed E-state index contributed by atoms with van der Waals surface area (Å²) in [5.41, 5.74) is 3.03. The molecule has 2 N–H and O–H groups in total. The van der Waals surface area contributed by atoms with E-state index in [-0.39, 0.29) is 11.8 Å². The van der Waals surface area contributed by atoms with Gasteiger partial charge in [-0.2, -0.15) is 0 Å². The number of amides is 2. The molecule has 1 heterocycles. The summed E-state index contributed by atoms with van der Waals surface area (Å²) in [5, 5.41) is 6.32. The molecule has 2 aromatic carbocycles. The lowest BCUT2D eigenvalue weighted by Crippen LogP contribution is -2.11. The predicted octanol–water partition coefficient (Wildman–Crippen LogP) is 4.43. The summed E-state index contributed by atoms with van der Waals surface area (Å²) < 4.78 is 0. The first-order chi connectivity index (χ1) is 12.9. The maximum absolute atomic E-state index is 12.6. The van der Waals surface area contributed by atoms with E-state index in [1.54, 1.807) is 24.3 Å². The molecule has 7 heteroatoms. The lowest BCUT2D eigenvalue weighted by Gasteiger charge is -2.15. The average Bonchev–Trinajstić information content (AvgIpc) is 3.05. The van der Waals surface area contributed by atoms with Crippen LogP contribution in [0.15, 0.2) is 54.6 Å². The first-order valence-corrected chi connectivity index (χ1v) is 9.21. The molecular weight excluding hydrogens is 360 g/mol. The van der Waals surface area contributed by atoms with Crippen LogP contribution in [0.2, 0.25) is 0 Å². The van der Waals surface area contributed by atoms with E-state index in [0.29, 0.717) is 21.9 Å². The third-order valence-corrected chi connectivity index (χ3v) is 5.12. The van der Waals surface area contributed by atoms with E-state index in [9.17, 15) is 9.59 Å². The average molecular weight is 380 g/mol. The van der Waals surface area contributed by atoms with Crippen LogP contribution in [0.25, 0.3) is 0 Å². The van der Waals surface area contributed by atoms with Crippen LogP contribution in [-0.2, 0) is 4.79 Å². The first-order valence-electron chi connectivity index (χ1n) is 8.39. The maximum Gasteiger partial charge on any atom is 0.267 e. The topological polar surface area (TPSA) is 74.3 Å². The van der Waals surface area contributed by atoms with Gasteiger partial charge in [0.25, 0.3) is 5.91 Å². The maximum atomic E-state index is 12.6. The molecule has 0 aliphatic heterocycles. The number of thiazole rings is 1. The summed E-state index contributed by atoms with van der Waals surface area (Å²) in [6, 6.07) is 16.8. The van der Waals surface area contributed by atoms with Crippen LogP contribution in [0.5, 0.6) is 0 Å². The van der Waals surface area contributed by atoms with Gasteiger partial charge in [-0.15, -0.1) is 0 Å². The fraction of sp³-hybridized carbons (Fsp3) is 0.150. The van der Waals surface area contributed by atoms with Gasteiger partial charge in [0.1, 0.15) is 4.88 Å². The number of para-hydroxylation sites is 1. The Kier molecular flexibility index (Phi) is 5.52. The lowest BCUT2D eigenvalue weighted by molar-refractivity contribution is -0.114. The molecule has 6 nitrogen and oxygen atoms in total. The number of carbonyl (C=O) groups excluding carboxylic acids is 2. The van der Waals surface area contributed by atoms with Gasteiger partial charge in [0, 0.05) is 31.0 Å². The monoisotopic (exact) mass is 380 g/mol. The van der Waals surface area contributed by atoms with Crippen molar-refractivity contribution in [1.29, 1.82) is 0 Å². The number of hydrogen-bond acceptors (Lipinski definition) is 5. The van der Waals surface area contributed by atoms with E-state index >= 15 is 0 Å². The highest BCUT2D eigenvalue weighted by Crippen LogP contribution is 2.30. The van der Waals surface area contributed by atoms with E-state index in [2.05, 4.69) is 15.6 Å². The Bertz CT molecular complexity index is 952. The van der Waals surface area contributed by atoms with Crippen molar-refractivity contribution >= 4 is 45.3 Å². The van der Waals surface area contributed by atoms with Crippen molar-refractivity contribution in [1.82, 2.24) is 4.98 Å². The molecular formula is C20H20N4O2S. The number of anilines is 4. The zero-order valence-corrected chi connectivity index (χ0v) is 16.1. The molecule has 0 aliphatic rings. The molecule has 0 atom stereocenters. The molecule has 0 aliphatic carbocycles. The van der Waals surface area contributed by atoms with Crippen molar-refractivity contribution in [2.45, 2.75) is 13.8 Å². The van der Waals surface area contributed by atoms with Gasteiger partial charge in [-0.05, 0) is 43.3 Å². The number of nitrogens with one attached hydrogen (secondary N) is 2. The zero-order valence-electron chi connectivity index (χ0n) is 15.3. The third kappa shape index (κ3) is 4.51. The molecule has 0 saturated heterocycles. The van der Waals surface area contributed by atoms with E-state index in [1.165, 1.54) is 18.3 Å². The smallest absolute Gasteiger partial charge is 0.267 e. The first kappa shape index (κ1) is 18.6. The molecule has 0 fully saturated rings. The molecule has 0 unspecified atom stereocenters. The molecule has 0 bridgehead atoms. The van der Waals surface area contributed by atoms with Crippen molar-refractivity contribution in [3.05, 3.63) is 65.2 Å². The molecule has 0 spiro atoms. The Morgan fingerprint density at radius 1 is 0.963 bits per heavy atom. The van der Waals surface area contributed by atoms with Gasteiger partial charge in [-0.25, -0.2) is 4.98 Å². The second-order valence-electron chi connectivity index (χ2n) is 6.02. The zero-order chi connectivity index (χ0) is 19.4. The van der Waals surface area contributed by atoms with Crippen LogP contribution in [0.4, 0.5) is 22.2 Å². The lowest BCUT2D eigenvalue weighted by atomic mass is 10.2. The Morgan fingerprint density at radius 3 is 2.15 bits per heavy atom. The van der Waals surface area contributed by atoms with Crippen LogP contribution in [0, 0.1) is 6.92 Å². The van der Waals surface area contributed by atoms with Crippen molar-refractivity contribution in [2.24, 2.45) is 0 Å². The Morgan fingerprint density at radius 2 is 1.56 bits per heavy atom. The second kappa shape index (κ2) is 8.01. The third-order valence-electron chi connectivity index (χ3n) is 3.89. The summed E-state index contributed by atoms with van der Waals surface area (Å²) >= 11 is 1.35. The standard InChI is InChI=1S/C20H20N4O2S/c1-13-18(27-20(21-13)24(3)17-7-5-4-6-8-17)19(26)23-16-11-9-15(10-12-16)22-14(2)25/h4-12H,1-3H3,(H,22,25)(H,23,26). The van der Waals surface area contributed by atoms with E-state index in [1.807, 2.05) is 49.2 Å². The fourth-order valence-electron chi connectivity index (χ4n) is 2.53. The minimum atomic E-state index is -0.204. The van der Waals surface area contributed by atoms with E-state index < -0.39 is 0 Å². The Balaban J connectivity index is 1.74. The number of benzene rings is 2. The highest BCUT2D eigenvalue weighted by atomic mass is 32.1. The van der Waals surface area contributed by atoms with Gasteiger partial charge in [-0.1, -0.05) is 29.5 Å². The summed E-state index contributed by atoms with van der Waals surface area (Å²) in [4.78, 5) is 30.8. The van der Waals surface area contributed by atoms with Gasteiger partial charge in [0.05, 0.1) is 5.69 Å². The summed E-state index contributed by atoms with van der Waals surface area (Å²) in [7, 11) is 1.93. The number of aromatic nitrogens is 1. The highest BCUT2D eigenvalue weighted by molar-refractivity contribution is 7.17.